The molecule has 0 aromatic heterocycles. The molecule has 0 spiro atoms. The molecule has 0 aliphatic carbocycles. The molecule has 152 valence electrons. The van der Waals surface area contributed by atoms with Crippen molar-refractivity contribution in [3.63, 3.8) is 0 Å². The van der Waals surface area contributed by atoms with Gasteiger partial charge in [0.2, 0.25) is 0 Å². The molecule has 0 radical (unpaired) electrons. The van der Waals surface area contributed by atoms with Gasteiger partial charge in [0, 0.05) is 29.4 Å². The highest BCUT2D eigenvalue weighted by atomic mass is 32.2. The Balaban J connectivity index is 1.89. The predicted molar refractivity (Wildman–Crippen MR) is 123 cm³/mol. The summed E-state index contributed by atoms with van der Waals surface area (Å²) in [7, 11) is -1.84. The van der Waals surface area contributed by atoms with Crippen molar-refractivity contribution in [1.29, 1.82) is 0 Å². The van der Waals surface area contributed by atoms with Gasteiger partial charge >= 0.3 is 0 Å². The van der Waals surface area contributed by atoms with Gasteiger partial charge in [-0.25, -0.2) is 0 Å². The largest absolute Gasteiger partial charge is 0.347 e. The number of rotatable bonds is 4. The van der Waals surface area contributed by atoms with E-state index in [9.17, 15) is 8.42 Å². The number of likely N-dealkylation sites (N-methyl/N-ethyl adjacent to an activating group) is 1. The Labute approximate surface area is 178 Å². The van der Waals surface area contributed by atoms with Gasteiger partial charge in [-0.05, 0) is 29.8 Å². The molecule has 1 aliphatic rings. The van der Waals surface area contributed by atoms with Gasteiger partial charge in [-0.2, -0.15) is 12.8 Å². The Bertz CT molecular complexity index is 1230. The molecule has 5 heteroatoms. The van der Waals surface area contributed by atoms with Crippen LogP contribution in [-0.4, -0.2) is 21.2 Å². The number of fused-ring (bicyclic) bond motifs is 1. The van der Waals surface area contributed by atoms with Crippen LogP contribution in [0.15, 0.2) is 106 Å². The van der Waals surface area contributed by atoms with Crippen LogP contribution in [0.3, 0.4) is 0 Å². The molecule has 0 bridgehead atoms. The summed E-state index contributed by atoms with van der Waals surface area (Å²) in [5, 5.41) is 0. The molecule has 0 saturated carbocycles. The van der Waals surface area contributed by atoms with Crippen molar-refractivity contribution in [3.05, 3.63) is 108 Å². The summed E-state index contributed by atoms with van der Waals surface area (Å²) in [6, 6.07) is 26.0. The van der Waals surface area contributed by atoms with Gasteiger partial charge in [0.1, 0.15) is 0 Å². The first-order valence-corrected chi connectivity index (χ1v) is 11.3. The summed E-state index contributed by atoms with van der Waals surface area (Å²) in [6.45, 7) is 4.30. The van der Waals surface area contributed by atoms with Crippen molar-refractivity contribution in [1.82, 2.24) is 0 Å². The first-order valence-electron chi connectivity index (χ1n) is 9.81. The number of nitrogens with zero attached hydrogens (tertiary/aromatic N) is 2. The van der Waals surface area contributed by atoms with Gasteiger partial charge < -0.3 is 4.90 Å². The lowest BCUT2D eigenvalue weighted by molar-refractivity contribution is 0.598. The fourth-order valence-electron chi connectivity index (χ4n) is 3.93. The van der Waals surface area contributed by atoms with Gasteiger partial charge in [0.05, 0.1) is 10.6 Å². The van der Waals surface area contributed by atoms with Crippen LogP contribution in [0.5, 0.6) is 0 Å². The highest BCUT2D eigenvalue weighted by Crippen LogP contribution is 2.46. The molecule has 4 rings (SSSR count). The lowest BCUT2D eigenvalue weighted by atomic mass is 9.83. The third-order valence-corrected chi connectivity index (χ3v) is 6.85. The van der Waals surface area contributed by atoms with Crippen LogP contribution < -0.4 is 4.90 Å². The molecule has 1 heterocycles. The number of sulfonamides is 1. The number of allylic oxidation sites excluding steroid dienone is 2. The van der Waals surface area contributed by atoms with Crippen molar-refractivity contribution >= 4 is 21.4 Å². The highest BCUT2D eigenvalue weighted by Gasteiger charge is 2.38. The van der Waals surface area contributed by atoms with E-state index in [2.05, 4.69) is 35.3 Å². The molecular formula is C25H24N2O2S. The summed E-state index contributed by atoms with van der Waals surface area (Å²) in [5.41, 5.74) is 4.21. The van der Waals surface area contributed by atoms with E-state index in [0.717, 1.165) is 16.9 Å². The lowest BCUT2D eigenvalue weighted by Crippen LogP contribution is -2.24. The molecule has 30 heavy (non-hydrogen) atoms. The van der Waals surface area contributed by atoms with E-state index in [1.165, 1.54) is 5.56 Å². The Morgan fingerprint density at radius 1 is 0.867 bits per heavy atom. The highest BCUT2D eigenvalue weighted by molar-refractivity contribution is 7.90. The fraction of sp³-hybridized carbons (Fsp3) is 0.160. The van der Waals surface area contributed by atoms with Crippen molar-refractivity contribution in [3.8, 4) is 0 Å². The molecule has 0 atom stereocenters. The van der Waals surface area contributed by atoms with Crippen molar-refractivity contribution in [2.24, 2.45) is 4.40 Å². The molecule has 0 amide bonds. The Morgan fingerprint density at radius 2 is 1.43 bits per heavy atom. The summed E-state index contributed by atoms with van der Waals surface area (Å²) in [4.78, 5) is 2.29. The van der Waals surface area contributed by atoms with Gasteiger partial charge in [-0.15, -0.1) is 0 Å². The van der Waals surface area contributed by atoms with Crippen LogP contribution in [0.1, 0.15) is 25.0 Å². The third kappa shape index (κ3) is 3.57. The van der Waals surface area contributed by atoms with Gasteiger partial charge in [0.25, 0.3) is 10.0 Å². The normalized spacial score (nSPS) is 17.2. The van der Waals surface area contributed by atoms with E-state index < -0.39 is 10.0 Å². The Kier molecular flexibility index (Phi) is 5.08. The zero-order valence-corrected chi connectivity index (χ0v) is 18.1. The zero-order valence-electron chi connectivity index (χ0n) is 17.3. The second-order valence-electron chi connectivity index (χ2n) is 7.86. The molecule has 4 nitrogen and oxygen atoms in total. The molecule has 0 unspecified atom stereocenters. The van der Waals surface area contributed by atoms with E-state index in [4.69, 9.17) is 0 Å². The van der Waals surface area contributed by atoms with Gasteiger partial charge in [-0.1, -0.05) is 80.6 Å². The fourth-order valence-corrected chi connectivity index (χ4v) is 4.96. The second kappa shape index (κ2) is 7.58. The number of anilines is 1. The standard InChI is InChI=1S/C25H24N2O2S/c1-25(2)21-16-10-11-17-23(21)27(3)24(25)18-22(19-12-6-4-7-13-19)26-30(28,29)20-14-8-5-9-15-20/h4-18H,1-3H3/b24-18-,26-22?. The van der Waals surface area contributed by atoms with Crippen LogP contribution >= 0.6 is 0 Å². The third-order valence-electron chi connectivity index (χ3n) is 5.54. The van der Waals surface area contributed by atoms with Crippen LogP contribution in [-0.2, 0) is 15.4 Å². The monoisotopic (exact) mass is 416 g/mol. The average Bonchev–Trinajstić information content (AvgIpc) is 2.95. The summed E-state index contributed by atoms with van der Waals surface area (Å²) >= 11 is 0. The van der Waals surface area contributed by atoms with E-state index in [1.807, 2.05) is 55.6 Å². The quantitative estimate of drug-likeness (QED) is 0.551. The maximum Gasteiger partial charge on any atom is 0.282 e. The lowest BCUT2D eigenvalue weighted by Gasteiger charge is -2.24. The summed E-state index contributed by atoms with van der Waals surface area (Å²) in [5.74, 6) is 0. The number of hydrogen-bond acceptors (Lipinski definition) is 3. The minimum atomic E-state index is -3.85. The maximum absolute atomic E-state index is 13.0. The van der Waals surface area contributed by atoms with E-state index in [1.54, 1.807) is 30.3 Å². The smallest absolute Gasteiger partial charge is 0.282 e. The SMILES string of the molecule is CN1/C(=C\C(=NS(=O)(=O)c2ccccc2)c2ccccc2)C(C)(C)c2ccccc21. The zero-order chi connectivity index (χ0) is 21.4. The molecule has 3 aromatic carbocycles. The van der Waals surface area contributed by atoms with E-state index in [-0.39, 0.29) is 10.3 Å². The van der Waals surface area contributed by atoms with Crippen molar-refractivity contribution in [2.75, 3.05) is 11.9 Å². The van der Waals surface area contributed by atoms with Gasteiger partial charge in [0.15, 0.2) is 0 Å². The Morgan fingerprint density at radius 3 is 2.07 bits per heavy atom. The first kappa shape index (κ1) is 20.1. The number of para-hydroxylation sites is 1. The van der Waals surface area contributed by atoms with Crippen molar-refractivity contribution < 1.29 is 8.42 Å². The van der Waals surface area contributed by atoms with E-state index >= 15 is 0 Å². The molecule has 1 aliphatic heterocycles. The first-order chi connectivity index (χ1) is 14.3. The van der Waals surface area contributed by atoms with Crippen molar-refractivity contribution in [2.45, 2.75) is 24.2 Å². The summed E-state index contributed by atoms with van der Waals surface area (Å²) in [6.07, 6.45) is 1.90. The van der Waals surface area contributed by atoms with Crippen LogP contribution in [0.2, 0.25) is 0 Å². The minimum Gasteiger partial charge on any atom is -0.347 e. The molecule has 0 fully saturated rings. The van der Waals surface area contributed by atoms with Crippen LogP contribution in [0.4, 0.5) is 5.69 Å². The molecule has 0 saturated heterocycles. The van der Waals surface area contributed by atoms with Gasteiger partial charge in [-0.3, -0.25) is 0 Å². The molecular weight excluding hydrogens is 392 g/mol. The van der Waals surface area contributed by atoms with Crippen LogP contribution in [0.25, 0.3) is 0 Å². The molecule has 3 aromatic rings. The minimum absolute atomic E-state index is 0.180. The predicted octanol–water partition coefficient (Wildman–Crippen LogP) is 5.18. The topological polar surface area (TPSA) is 49.7 Å². The Hall–Kier alpha value is -3.18. The summed E-state index contributed by atoms with van der Waals surface area (Å²) < 4.78 is 30.3. The number of hydrogen-bond donors (Lipinski definition) is 0. The molecule has 0 N–H and O–H groups in total. The number of benzene rings is 3. The maximum atomic E-state index is 13.0. The van der Waals surface area contributed by atoms with E-state index in [0.29, 0.717) is 5.71 Å². The average molecular weight is 417 g/mol. The van der Waals surface area contributed by atoms with Crippen LogP contribution in [0, 0.1) is 0 Å². The second-order valence-corrected chi connectivity index (χ2v) is 9.47.